The Morgan fingerprint density at radius 2 is 1.65 bits per heavy atom. The van der Waals surface area contributed by atoms with Crippen LogP contribution in [0.1, 0.15) is 72.1 Å². The van der Waals surface area contributed by atoms with Gasteiger partial charge in [-0.25, -0.2) is 0 Å². The first-order valence-electron chi connectivity index (χ1n) is 7.85. The van der Waals surface area contributed by atoms with Gasteiger partial charge in [-0.05, 0) is 19.3 Å². The molecule has 118 valence electrons. The molecule has 0 aliphatic carbocycles. The van der Waals surface area contributed by atoms with Crippen LogP contribution in [0.15, 0.2) is 5.16 Å². The second kappa shape index (κ2) is 10.5. The molecule has 0 atom stereocenters. The number of amidine groups is 1. The summed E-state index contributed by atoms with van der Waals surface area (Å²) in [5, 5.41) is 14.8. The van der Waals surface area contributed by atoms with Gasteiger partial charge in [0.05, 0.1) is 0 Å². The molecule has 1 amide bonds. The van der Waals surface area contributed by atoms with E-state index in [9.17, 15) is 4.79 Å². The molecule has 5 heteroatoms. The van der Waals surface area contributed by atoms with Gasteiger partial charge < -0.3 is 16.3 Å². The number of hydrogen-bond acceptors (Lipinski definition) is 3. The molecule has 20 heavy (non-hydrogen) atoms. The number of carbonyl (C=O) groups is 1. The maximum absolute atomic E-state index is 12.3. The molecule has 0 rings (SSSR count). The van der Waals surface area contributed by atoms with Crippen molar-refractivity contribution < 1.29 is 10.0 Å². The first-order chi connectivity index (χ1) is 9.58. The summed E-state index contributed by atoms with van der Waals surface area (Å²) < 4.78 is 0. The van der Waals surface area contributed by atoms with Crippen molar-refractivity contribution in [3.05, 3.63) is 0 Å². The Balaban J connectivity index is 4.16. The van der Waals surface area contributed by atoms with Crippen molar-refractivity contribution in [2.24, 2.45) is 16.3 Å². The van der Waals surface area contributed by atoms with Gasteiger partial charge in [0, 0.05) is 6.54 Å². The van der Waals surface area contributed by atoms with Gasteiger partial charge >= 0.3 is 0 Å². The Labute approximate surface area is 123 Å². The van der Waals surface area contributed by atoms with E-state index in [4.69, 9.17) is 10.9 Å². The lowest BCUT2D eigenvalue weighted by molar-refractivity contribution is -0.128. The molecule has 5 nitrogen and oxygen atoms in total. The van der Waals surface area contributed by atoms with E-state index in [1.165, 1.54) is 25.7 Å². The first kappa shape index (κ1) is 18.7. The SMILES string of the molecule is CCCCCCCCNC(=O)C(CC)(CC)C(N)=NO. The smallest absolute Gasteiger partial charge is 0.233 e. The molecule has 0 unspecified atom stereocenters. The van der Waals surface area contributed by atoms with Crippen molar-refractivity contribution in [3.8, 4) is 0 Å². The maximum atomic E-state index is 12.3. The standard InChI is InChI=1S/C15H31N3O2/c1-4-7-8-9-10-11-12-17-14(19)15(5-2,6-3)13(16)18-20/h20H,4-12H2,1-3H3,(H2,16,18)(H,17,19). The fraction of sp³-hybridized carbons (Fsp3) is 0.867. The highest BCUT2D eigenvalue weighted by Gasteiger charge is 2.39. The minimum Gasteiger partial charge on any atom is -0.409 e. The second-order valence-corrected chi connectivity index (χ2v) is 5.30. The lowest BCUT2D eigenvalue weighted by atomic mass is 9.80. The summed E-state index contributed by atoms with van der Waals surface area (Å²) in [6.45, 7) is 6.62. The van der Waals surface area contributed by atoms with Gasteiger partial charge in [-0.1, -0.05) is 58.0 Å². The number of nitrogens with zero attached hydrogens (tertiary/aromatic N) is 1. The number of nitrogens with two attached hydrogens (primary N) is 1. The lowest BCUT2D eigenvalue weighted by Crippen LogP contribution is -2.49. The highest BCUT2D eigenvalue weighted by atomic mass is 16.4. The molecule has 0 bridgehead atoms. The zero-order chi connectivity index (χ0) is 15.4. The van der Waals surface area contributed by atoms with E-state index in [1.54, 1.807) is 0 Å². The van der Waals surface area contributed by atoms with Gasteiger partial charge in [-0.15, -0.1) is 0 Å². The quantitative estimate of drug-likeness (QED) is 0.179. The molecule has 0 spiro atoms. The van der Waals surface area contributed by atoms with E-state index in [1.807, 2.05) is 13.8 Å². The van der Waals surface area contributed by atoms with Crippen LogP contribution in [0.2, 0.25) is 0 Å². The van der Waals surface area contributed by atoms with Gasteiger partial charge in [-0.2, -0.15) is 0 Å². The number of unbranched alkanes of at least 4 members (excludes halogenated alkanes) is 5. The fourth-order valence-electron chi connectivity index (χ4n) is 2.42. The predicted molar refractivity (Wildman–Crippen MR) is 82.8 cm³/mol. The average Bonchev–Trinajstić information content (AvgIpc) is 2.47. The van der Waals surface area contributed by atoms with E-state index >= 15 is 0 Å². The number of nitrogens with one attached hydrogen (secondary N) is 1. The summed E-state index contributed by atoms with van der Waals surface area (Å²) in [7, 11) is 0. The normalized spacial score (nSPS) is 12.4. The summed E-state index contributed by atoms with van der Waals surface area (Å²) in [6.07, 6.45) is 8.18. The third kappa shape index (κ3) is 5.39. The van der Waals surface area contributed by atoms with Gasteiger partial charge in [0.2, 0.25) is 5.91 Å². The van der Waals surface area contributed by atoms with Gasteiger partial charge in [-0.3, -0.25) is 4.79 Å². The van der Waals surface area contributed by atoms with Crippen LogP contribution < -0.4 is 11.1 Å². The summed E-state index contributed by atoms with van der Waals surface area (Å²) >= 11 is 0. The monoisotopic (exact) mass is 285 g/mol. The van der Waals surface area contributed by atoms with Crippen molar-refractivity contribution >= 4 is 11.7 Å². The van der Waals surface area contributed by atoms with E-state index < -0.39 is 5.41 Å². The molecule has 0 aliphatic heterocycles. The highest BCUT2D eigenvalue weighted by Crippen LogP contribution is 2.27. The molecule has 0 aromatic carbocycles. The van der Waals surface area contributed by atoms with E-state index in [2.05, 4.69) is 17.4 Å². The maximum Gasteiger partial charge on any atom is 0.233 e. The fourth-order valence-corrected chi connectivity index (χ4v) is 2.42. The van der Waals surface area contributed by atoms with Crippen LogP contribution in [0.3, 0.4) is 0 Å². The van der Waals surface area contributed by atoms with Crippen molar-refractivity contribution in [3.63, 3.8) is 0 Å². The van der Waals surface area contributed by atoms with Crippen LogP contribution >= 0.6 is 0 Å². The molecule has 0 heterocycles. The van der Waals surface area contributed by atoms with E-state index in [0.717, 1.165) is 12.8 Å². The molecule has 0 saturated carbocycles. The van der Waals surface area contributed by atoms with Crippen molar-refractivity contribution in [2.45, 2.75) is 72.1 Å². The zero-order valence-electron chi connectivity index (χ0n) is 13.2. The van der Waals surface area contributed by atoms with Crippen molar-refractivity contribution in [1.82, 2.24) is 5.32 Å². The third-order valence-corrected chi connectivity index (χ3v) is 4.06. The van der Waals surface area contributed by atoms with Gasteiger partial charge in [0.25, 0.3) is 0 Å². The Morgan fingerprint density at radius 3 is 2.15 bits per heavy atom. The van der Waals surface area contributed by atoms with Crippen LogP contribution in [0.4, 0.5) is 0 Å². The molecule has 0 aliphatic rings. The summed E-state index contributed by atoms with van der Waals surface area (Å²) in [5.74, 6) is -0.130. The zero-order valence-corrected chi connectivity index (χ0v) is 13.2. The van der Waals surface area contributed by atoms with Crippen LogP contribution in [0.25, 0.3) is 0 Å². The highest BCUT2D eigenvalue weighted by molar-refractivity contribution is 6.06. The molecule has 0 radical (unpaired) electrons. The predicted octanol–water partition coefficient (Wildman–Crippen LogP) is 3.02. The first-order valence-corrected chi connectivity index (χ1v) is 7.85. The lowest BCUT2D eigenvalue weighted by Gasteiger charge is -2.28. The third-order valence-electron chi connectivity index (χ3n) is 4.06. The Hall–Kier alpha value is -1.26. The van der Waals surface area contributed by atoms with E-state index in [-0.39, 0.29) is 11.7 Å². The van der Waals surface area contributed by atoms with Gasteiger partial charge in [0.1, 0.15) is 5.41 Å². The number of hydrogen-bond donors (Lipinski definition) is 3. The summed E-state index contributed by atoms with van der Waals surface area (Å²) in [4.78, 5) is 12.3. The second-order valence-electron chi connectivity index (χ2n) is 5.30. The molecule has 0 aromatic rings. The molecular weight excluding hydrogens is 254 g/mol. The molecule has 4 N–H and O–H groups in total. The summed E-state index contributed by atoms with van der Waals surface area (Å²) in [5.41, 5.74) is 4.82. The van der Waals surface area contributed by atoms with Crippen molar-refractivity contribution in [1.29, 1.82) is 0 Å². The molecular formula is C15H31N3O2. The number of rotatable bonds is 11. The van der Waals surface area contributed by atoms with Crippen LogP contribution in [0, 0.1) is 5.41 Å². The number of oxime groups is 1. The summed E-state index contributed by atoms with van der Waals surface area (Å²) in [6, 6.07) is 0. The minimum absolute atomic E-state index is 0.00273. The molecule has 0 fully saturated rings. The Kier molecular flexibility index (Phi) is 9.86. The topological polar surface area (TPSA) is 87.7 Å². The average molecular weight is 285 g/mol. The van der Waals surface area contributed by atoms with Crippen LogP contribution in [-0.4, -0.2) is 23.5 Å². The Morgan fingerprint density at radius 1 is 1.10 bits per heavy atom. The number of carbonyl (C=O) groups excluding carboxylic acids is 1. The molecule has 0 aromatic heterocycles. The Bertz CT molecular complexity index is 299. The minimum atomic E-state index is -0.878. The molecule has 0 saturated heterocycles. The number of amides is 1. The van der Waals surface area contributed by atoms with E-state index in [0.29, 0.717) is 19.4 Å². The van der Waals surface area contributed by atoms with Crippen molar-refractivity contribution in [2.75, 3.05) is 6.54 Å². The van der Waals surface area contributed by atoms with Gasteiger partial charge in [0.15, 0.2) is 5.84 Å². The van der Waals surface area contributed by atoms with Crippen LogP contribution in [0.5, 0.6) is 0 Å². The largest absolute Gasteiger partial charge is 0.409 e. The van der Waals surface area contributed by atoms with Crippen LogP contribution in [-0.2, 0) is 4.79 Å².